The molecule has 0 bridgehead atoms. The molecular formula is C11H15N3OS. The minimum Gasteiger partial charge on any atom is -0.388 e. The van der Waals surface area contributed by atoms with Gasteiger partial charge in [0.25, 0.3) is 0 Å². The van der Waals surface area contributed by atoms with Gasteiger partial charge < -0.3 is 5.11 Å². The molecule has 2 aromatic rings. The van der Waals surface area contributed by atoms with Gasteiger partial charge in [0, 0.05) is 36.3 Å². The van der Waals surface area contributed by atoms with Crippen LogP contribution in [0.2, 0.25) is 0 Å². The van der Waals surface area contributed by atoms with Gasteiger partial charge in [-0.1, -0.05) is 0 Å². The van der Waals surface area contributed by atoms with E-state index in [4.69, 9.17) is 0 Å². The fourth-order valence-corrected chi connectivity index (χ4v) is 2.55. The average molecular weight is 237 g/mol. The molecule has 86 valence electrons. The topological polar surface area (TPSA) is 50.9 Å². The normalized spacial score (nSPS) is 13.0. The van der Waals surface area contributed by atoms with Gasteiger partial charge in [0.1, 0.15) is 0 Å². The Labute approximate surface area is 98.6 Å². The van der Waals surface area contributed by atoms with E-state index in [-0.39, 0.29) is 0 Å². The number of aromatic nitrogens is 3. The van der Waals surface area contributed by atoms with Gasteiger partial charge in [-0.15, -0.1) is 11.3 Å². The highest BCUT2D eigenvalue weighted by atomic mass is 32.1. The van der Waals surface area contributed by atoms with Crippen molar-refractivity contribution in [2.75, 3.05) is 0 Å². The fourth-order valence-electron chi connectivity index (χ4n) is 1.89. The predicted octanol–water partition coefficient (Wildman–Crippen LogP) is 1.77. The molecule has 0 saturated carbocycles. The molecule has 1 atom stereocenters. The molecule has 0 aromatic carbocycles. The van der Waals surface area contributed by atoms with E-state index in [1.54, 1.807) is 22.2 Å². The standard InChI is InChI=1S/C11H15N3OS/c1-7-11(8(2)14(3)13-7)9(15)6-10-12-4-5-16-10/h4-5,9,15H,6H2,1-3H3. The average Bonchev–Trinajstić information content (AvgIpc) is 2.77. The molecule has 0 aliphatic heterocycles. The lowest BCUT2D eigenvalue weighted by Crippen LogP contribution is -2.04. The van der Waals surface area contributed by atoms with Crippen molar-refractivity contribution in [3.8, 4) is 0 Å². The quantitative estimate of drug-likeness (QED) is 0.885. The van der Waals surface area contributed by atoms with E-state index in [0.717, 1.165) is 22.0 Å². The van der Waals surface area contributed by atoms with Crippen LogP contribution in [0.15, 0.2) is 11.6 Å². The Hall–Kier alpha value is -1.20. The zero-order chi connectivity index (χ0) is 11.7. The van der Waals surface area contributed by atoms with Crippen molar-refractivity contribution in [1.82, 2.24) is 14.8 Å². The van der Waals surface area contributed by atoms with E-state index in [2.05, 4.69) is 10.1 Å². The van der Waals surface area contributed by atoms with Gasteiger partial charge in [-0.05, 0) is 13.8 Å². The summed E-state index contributed by atoms with van der Waals surface area (Å²) in [6.07, 6.45) is 1.81. The third-order valence-corrected chi connectivity index (χ3v) is 3.55. The van der Waals surface area contributed by atoms with Crippen LogP contribution in [0.25, 0.3) is 0 Å². The van der Waals surface area contributed by atoms with Crippen LogP contribution in [-0.4, -0.2) is 19.9 Å². The van der Waals surface area contributed by atoms with Crippen LogP contribution in [0.1, 0.15) is 28.1 Å². The van der Waals surface area contributed by atoms with Crippen LogP contribution in [-0.2, 0) is 13.5 Å². The largest absolute Gasteiger partial charge is 0.388 e. The fraction of sp³-hybridized carbons (Fsp3) is 0.455. The van der Waals surface area contributed by atoms with E-state index in [1.165, 1.54) is 0 Å². The van der Waals surface area contributed by atoms with Crippen molar-refractivity contribution in [3.63, 3.8) is 0 Å². The molecule has 0 saturated heterocycles. The molecule has 0 spiro atoms. The number of nitrogens with zero attached hydrogens (tertiary/aromatic N) is 3. The summed E-state index contributed by atoms with van der Waals surface area (Å²) < 4.78 is 1.80. The number of rotatable bonds is 3. The molecule has 0 radical (unpaired) electrons. The lowest BCUT2D eigenvalue weighted by atomic mass is 10.1. The highest BCUT2D eigenvalue weighted by Gasteiger charge is 2.18. The zero-order valence-electron chi connectivity index (χ0n) is 9.64. The summed E-state index contributed by atoms with van der Waals surface area (Å²) in [5.74, 6) is 0. The summed E-state index contributed by atoms with van der Waals surface area (Å²) in [7, 11) is 1.89. The summed E-state index contributed by atoms with van der Waals surface area (Å²) in [6.45, 7) is 3.90. The lowest BCUT2D eigenvalue weighted by Gasteiger charge is -2.09. The molecule has 4 nitrogen and oxygen atoms in total. The molecule has 2 aromatic heterocycles. The van der Waals surface area contributed by atoms with Crippen LogP contribution in [0.3, 0.4) is 0 Å². The van der Waals surface area contributed by atoms with Crippen LogP contribution in [0.5, 0.6) is 0 Å². The number of hydrogen-bond acceptors (Lipinski definition) is 4. The van der Waals surface area contributed by atoms with E-state index >= 15 is 0 Å². The van der Waals surface area contributed by atoms with Crippen LogP contribution < -0.4 is 0 Å². The van der Waals surface area contributed by atoms with Crippen LogP contribution in [0, 0.1) is 13.8 Å². The first kappa shape index (κ1) is 11.3. The van der Waals surface area contributed by atoms with Gasteiger partial charge in [-0.25, -0.2) is 4.98 Å². The maximum atomic E-state index is 10.2. The highest BCUT2D eigenvalue weighted by Crippen LogP contribution is 2.24. The van der Waals surface area contributed by atoms with E-state index in [9.17, 15) is 5.11 Å². The Morgan fingerprint density at radius 3 is 2.75 bits per heavy atom. The number of aliphatic hydroxyl groups is 1. The molecule has 0 fully saturated rings. The Morgan fingerprint density at radius 1 is 1.50 bits per heavy atom. The van der Waals surface area contributed by atoms with E-state index in [0.29, 0.717) is 6.42 Å². The number of thiazole rings is 1. The van der Waals surface area contributed by atoms with Gasteiger partial charge in [0.05, 0.1) is 16.8 Å². The SMILES string of the molecule is Cc1nn(C)c(C)c1C(O)Cc1nccs1. The highest BCUT2D eigenvalue weighted by molar-refractivity contribution is 7.09. The molecule has 2 rings (SSSR count). The molecule has 0 aliphatic rings. The second-order valence-corrected chi connectivity index (χ2v) is 4.83. The van der Waals surface area contributed by atoms with Gasteiger partial charge in [-0.2, -0.15) is 5.10 Å². The summed E-state index contributed by atoms with van der Waals surface area (Å²) in [5.41, 5.74) is 2.84. The summed E-state index contributed by atoms with van der Waals surface area (Å²) in [6, 6.07) is 0. The number of aliphatic hydroxyl groups excluding tert-OH is 1. The second kappa shape index (κ2) is 4.35. The summed E-state index contributed by atoms with van der Waals surface area (Å²) in [4.78, 5) is 4.18. The Morgan fingerprint density at radius 2 is 2.25 bits per heavy atom. The van der Waals surface area contributed by atoms with Crippen LogP contribution >= 0.6 is 11.3 Å². The van der Waals surface area contributed by atoms with Gasteiger partial charge in [0.15, 0.2) is 0 Å². The molecule has 0 amide bonds. The Bertz CT molecular complexity index is 476. The third kappa shape index (κ3) is 2.01. The third-order valence-electron chi connectivity index (χ3n) is 2.75. The van der Waals surface area contributed by atoms with Crippen molar-refractivity contribution < 1.29 is 5.11 Å². The Balaban J connectivity index is 2.24. The van der Waals surface area contributed by atoms with Gasteiger partial charge in [0.2, 0.25) is 0 Å². The van der Waals surface area contributed by atoms with Gasteiger partial charge >= 0.3 is 0 Å². The maximum absolute atomic E-state index is 10.2. The van der Waals surface area contributed by atoms with E-state index < -0.39 is 6.10 Å². The first-order valence-electron chi connectivity index (χ1n) is 5.16. The molecule has 1 unspecified atom stereocenters. The zero-order valence-corrected chi connectivity index (χ0v) is 10.5. The molecular weight excluding hydrogens is 222 g/mol. The van der Waals surface area contributed by atoms with E-state index in [1.807, 2.05) is 26.3 Å². The summed E-state index contributed by atoms with van der Waals surface area (Å²) >= 11 is 1.57. The summed E-state index contributed by atoms with van der Waals surface area (Å²) in [5, 5.41) is 17.4. The van der Waals surface area contributed by atoms with Crippen molar-refractivity contribution in [1.29, 1.82) is 0 Å². The smallest absolute Gasteiger partial charge is 0.0954 e. The number of hydrogen-bond donors (Lipinski definition) is 1. The van der Waals surface area contributed by atoms with Crippen molar-refractivity contribution in [2.24, 2.45) is 7.05 Å². The minimum atomic E-state index is -0.514. The molecule has 5 heteroatoms. The second-order valence-electron chi connectivity index (χ2n) is 3.85. The molecule has 0 aliphatic carbocycles. The molecule has 1 N–H and O–H groups in total. The molecule has 16 heavy (non-hydrogen) atoms. The van der Waals surface area contributed by atoms with Gasteiger partial charge in [-0.3, -0.25) is 4.68 Å². The predicted molar refractivity (Wildman–Crippen MR) is 63.5 cm³/mol. The van der Waals surface area contributed by atoms with Crippen molar-refractivity contribution in [2.45, 2.75) is 26.4 Å². The first-order valence-corrected chi connectivity index (χ1v) is 6.04. The van der Waals surface area contributed by atoms with Crippen molar-refractivity contribution >= 4 is 11.3 Å². The monoisotopic (exact) mass is 237 g/mol. The maximum Gasteiger partial charge on any atom is 0.0954 e. The number of aryl methyl sites for hydroxylation is 2. The van der Waals surface area contributed by atoms with Crippen LogP contribution in [0.4, 0.5) is 0 Å². The first-order chi connectivity index (χ1) is 7.59. The van der Waals surface area contributed by atoms with Crippen molar-refractivity contribution in [3.05, 3.63) is 33.5 Å². The minimum absolute atomic E-state index is 0.514. The molecule has 2 heterocycles. The Kier molecular flexibility index (Phi) is 3.07. The lowest BCUT2D eigenvalue weighted by molar-refractivity contribution is 0.177.